The molecule has 5 heteroatoms. The van der Waals surface area contributed by atoms with Crippen molar-refractivity contribution in [1.29, 1.82) is 0 Å². The van der Waals surface area contributed by atoms with E-state index in [1.54, 1.807) is 0 Å². The van der Waals surface area contributed by atoms with E-state index in [0.29, 0.717) is 18.0 Å². The third-order valence-electron chi connectivity index (χ3n) is 1.02. The van der Waals surface area contributed by atoms with Gasteiger partial charge in [0, 0.05) is 7.05 Å². The van der Waals surface area contributed by atoms with Gasteiger partial charge >= 0.3 is 6.03 Å². The molecule has 5 nitrogen and oxygen atoms in total. The smallest absolute Gasteiger partial charge is 0.339 e. The lowest BCUT2D eigenvalue weighted by atomic mass is 10.4. The largest absolute Gasteiger partial charge is 0.340 e. The second kappa shape index (κ2) is 10.2. The molecule has 0 rings (SSSR count). The Balaban J connectivity index is 0. The Morgan fingerprint density at radius 1 is 1.58 bits per heavy atom. The van der Waals surface area contributed by atoms with Gasteiger partial charge in [-0.25, -0.2) is 9.86 Å². The van der Waals surface area contributed by atoms with Crippen LogP contribution in [0.25, 0.3) is 0 Å². The summed E-state index contributed by atoms with van der Waals surface area (Å²) >= 11 is 0. The molecule has 0 fully saturated rings. The SMILES string of the molecule is CC.CNC(=O)N(O)CCCN. The van der Waals surface area contributed by atoms with Gasteiger partial charge in [-0.05, 0) is 13.0 Å². The highest BCUT2D eigenvalue weighted by Gasteiger charge is 2.05. The second-order valence-corrected chi connectivity index (χ2v) is 1.82. The van der Waals surface area contributed by atoms with Gasteiger partial charge in [0.15, 0.2) is 0 Å². The molecule has 0 bridgehead atoms. The highest BCUT2D eigenvalue weighted by Crippen LogP contribution is 1.84. The Morgan fingerprint density at radius 3 is 2.42 bits per heavy atom. The van der Waals surface area contributed by atoms with E-state index >= 15 is 0 Å². The first-order chi connectivity index (χ1) is 5.72. The highest BCUT2D eigenvalue weighted by atomic mass is 16.5. The van der Waals surface area contributed by atoms with Gasteiger partial charge in [-0.2, -0.15) is 0 Å². The summed E-state index contributed by atoms with van der Waals surface area (Å²) < 4.78 is 0. The number of nitrogens with one attached hydrogen (secondary N) is 1. The fraction of sp³-hybridized carbons (Fsp3) is 0.857. The maximum atomic E-state index is 10.5. The molecule has 0 unspecified atom stereocenters. The average Bonchev–Trinajstić information content (AvgIpc) is 2.16. The third kappa shape index (κ3) is 7.30. The van der Waals surface area contributed by atoms with E-state index in [2.05, 4.69) is 5.32 Å². The van der Waals surface area contributed by atoms with Crippen molar-refractivity contribution in [3.8, 4) is 0 Å². The normalized spacial score (nSPS) is 8.08. The standard InChI is InChI=1S/C5H13N3O2.C2H6/c1-7-5(9)8(10)4-2-3-6;1-2/h10H,2-4,6H2,1H3,(H,7,9);1-2H3. The molecule has 0 aromatic carbocycles. The molecular formula is C7H19N3O2. The van der Waals surface area contributed by atoms with Gasteiger partial charge in [0.25, 0.3) is 0 Å². The van der Waals surface area contributed by atoms with Crippen molar-refractivity contribution in [1.82, 2.24) is 10.4 Å². The predicted molar refractivity (Wildman–Crippen MR) is 48.0 cm³/mol. The zero-order valence-corrected chi connectivity index (χ0v) is 8.00. The zero-order chi connectivity index (χ0) is 9.98. The lowest BCUT2D eigenvalue weighted by Gasteiger charge is -2.12. The van der Waals surface area contributed by atoms with E-state index in [1.165, 1.54) is 7.05 Å². The number of hydrogen-bond donors (Lipinski definition) is 3. The summed E-state index contributed by atoms with van der Waals surface area (Å²) in [6.45, 7) is 4.74. The molecular weight excluding hydrogens is 158 g/mol. The van der Waals surface area contributed by atoms with Gasteiger partial charge < -0.3 is 11.1 Å². The van der Waals surface area contributed by atoms with Crippen LogP contribution in [-0.4, -0.2) is 36.4 Å². The van der Waals surface area contributed by atoms with E-state index in [4.69, 9.17) is 10.9 Å². The average molecular weight is 177 g/mol. The Kier molecular flexibility index (Phi) is 11.7. The minimum absolute atomic E-state index is 0.274. The number of rotatable bonds is 3. The van der Waals surface area contributed by atoms with Crippen molar-refractivity contribution in [2.75, 3.05) is 20.1 Å². The first-order valence-corrected chi connectivity index (χ1v) is 4.10. The van der Waals surface area contributed by atoms with Gasteiger partial charge in [-0.1, -0.05) is 13.8 Å². The maximum absolute atomic E-state index is 10.5. The van der Waals surface area contributed by atoms with Gasteiger partial charge in [-0.15, -0.1) is 0 Å². The Morgan fingerprint density at radius 2 is 2.08 bits per heavy atom. The summed E-state index contributed by atoms with van der Waals surface area (Å²) in [5, 5.41) is 11.7. The van der Waals surface area contributed by atoms with Gasteiger partial charge in [-0.3, -0.25) is 5.21 Å². The summed E-state index contributed by atoms with van der Waals surface area (Å²) in [4.78, 5) is 10.5. The van der Waals surface area contributed by atoms with E-state index in [9.17, 15) is 4.79 Å². The summed E-state index contributed by atoms with van der Waals surface area (Å²) in [6.07, 6.45) is 0.601. The number of nitrogens with zero attached hydrogens (tertiary/aromatic N) is 1. The topological polar surface area (TPSA) is 78.6 Å². The minimum atomic E-state index is -0.506. The summed E-state index contributed by atoms with van der Waals surface area (Å²) in [6, 6.07) is -0.506. The zero-order valence-electron chi connectivity index (χ0n) is 8.00. The lowest BCUT2D eigenvalue weighted by Crippen LogP contribution is -2.36. The van der Waals surface area contributed by atoms with Crippen molar-refractivity contribution >= 4 is 6.03 Å². The van der Waals surface area contributed by atoms with Crippen LogP contribution < -0.4 is 11.1 Å². The fourth-order valence-corrected chi connectivity index (χ4v) is 0.472. The molecule has 0 saturated heterocycles. The van der Waals surface area contributed by atoms with Crippen molar-refractivity contribution < 1.29 is 10.0 Å². The van der Waals surface area contributed by atoms with Crippen LogP contribution in [0, 0.1) is 0 Å². The Bertz CT molecular complexity index is 109. The number of carbonyl (C=O) groups excluding carboxylic acids is 1. The Hall–Kier alpha value is -0.810. The predicted octanol–water partition coefficient (Wildman–Crippen LogP) is 0.392. The van der Waals surface area contributed by atoms with Crippen LogP contribution in [0.2, 0.25) is 0 Å². The number of hydrogen-bond acceptors (Lipinski definition) is 3. The van der Waals surface area contributed by atoms with Crippen molar-refractivity contribution in [3.63, 3.8) is 0 Å². The molecule has 0 aliphatic carbocycles. The highest BCUT2D eigenvalue weighted by molar-refractivity contribution is 5.72. The second-order valence-electron chi connectivity index (χ2n) is 1.82. The van der Waals surface area contributed by atoms with E-state index in [1.807, 2.05) is 13.8 Å². The molecule has 0 aliphatic heterocycles. The molecule has 0 atom stereocenters. The number of amides is 2. The molecule has 0 aromatic rings. The van der Waals surface area contributed by atoms with E-state index in [0.717, 1.165) is 0 Å². The van der Waals surface area contributed by atoms with E-state index < -0.39 is 6.03 Å². The third-order valence-corrected chi connectivity index (χ3v) is 1.02. The van der Waals surface area contributed by atoms with Crippen LogP contribution in [0.3, 0.4) is 0 Å². The van der Waals surface area contributed by atoms with Crippen LogP contribution in [0.1, 0.15) is 20.3 Å². The maximum Gasteiger partial charge on any atom is 0.340 e. The van der Waals surface area contributed by atoms with Gasteiger partial charge in [0.2, 0.25) is 0 Å². The monoisotopic (exact) mass is 177 g/mol. The molecule has 12 heavy (non-hydrogen) atoms. The number of carbonyl (C=O) groups is 1. The first kappa shape index (κ1) is 13.8. The van der Waals surface area contributed by atoms with Crippen molar-refractivity contribution in [2.45, 2.75) is 20.3 Å². The first-order valence-electron chi connectivity index (χ1n) is 4.10. The fourth-order valence-electron chi connectivity index (χ4n) is 0.472. The number of urea groups is 1. The number of hydroxylamine groups is 2. The molecule has 0 aromatic heterocycles. The molecule has 0 saturated carbocycles. The van der Waals surface area contributed by atoms with Gasteiger partial charge in [0.1, 0.15) is 0 Å². The summed E-state index contributed by atoms with van der Waals surface area (Å²) in [5.41, 5.74) is 5.15. The lowest BCUT2D eigenvalue weighted by molar-refractivity contribution is -0.0425. The molecule has 0 heterocycles. The van der Waals surface area contributed by atoms with Gasteiger partial charge in [0.05, 0.1) is 6.54 Å². The molecule has 74 valence electrons. The minimum Gasteiger partial charge on any atom is -0.339 e. The molecule has 0 aliphatic rings. The molecule has 0 radical (unpaired) electrons. The number of nitrogens with two attached hydrogens (primary N) is 1. The van der Waals surface area contributed by atoms with Crippen LogP contribution in [0.15, 0.2) is 0 Å². The van der Waals surface area contributed by atoms with Crippen LogP contribution in [0.4, 0.5) is 4.79 Å². The van der Waals surface area contributed by atoms with Crippen LogP contribution in [-0.2, 0) is 0 Å². The quantitative estimate of drug-likeness (QED) is 0.431. The Labute approximate surface area is 73.5 Å². The van der Waals surface area contributed by atoms with Crippen LogP contribution in [0.5, 0.6) is 0 Å². The van der Waals surface area contributed by atoms with Crippen molar-refractivity contribution in [2.24, 2.45) is 5.73 Å². The molecule has 4 N–H and O–H groups in total. The van der Waals surface area contributed by atoms with Crippen LogP contribution >= 0.6 is 0 Å². The molecule has 2 amide bonds. The summed E-state index contributed by atoms with van der Waals surface area (Å²) in [7, 11) is 1.45. The van der Waals surface area contributed by atoms with E-state index in [-0.39, 0.29) is 6.54 Å². The summed E-state index contributed by atoms with van der Waals surface area (Å²) in [5.74, 6) is 0. The molecule has 0 spiro atoms. The van der Waals surface area contributed by atoms with Crippen molar-refractivity contribution in [3.05, 3.63) is 0 Å².